The van der Waals surface area contributed by atoms with E-state index in [1.807, 2.05) is 0 Å². The lowest BCUT2D eigenvalue weighted by Gasteiger charge is -2.07. The fourth-order valence-electron chi connectivity index (χ4n) is 2.21. The largest absolute Gasteiger partial charge is 0.452 e. The normalized spacial score (nSPS) is 10.7. The smallest absolute Gasteiger partial charge is 0.344 e. The van der Waals surface area contributed by atoms with Crippen LogP contribution in [0.1, 0.15) is 16.1 Å². The average Bonchev–Trinajstić information content (AvgIpc) is 2.92. The van der Waals surface area contributed by atoms with Gasteiger partial charge < -0.3 is 10.1 Å². The molecule has 0 radical (unpaired) electrons. The van der Waals surface area contributed by atoms with Crippen molar-refractivity contribution in [2.24, 2.45) is 0 Å². The number of amides is 1. The molecule has 2 heterocycles. The first-order chi connectivity index (χ1) is 12.0. The first-order valence-electron chi connectivity index (χ1n) is 7.17. The van der Waals surface area contributed by atoms with Gasteiger partial charge in [0.1, 0.15) is 11.4 Å². The molecule has 128 valence electrons. The average molecular weight is 363 g/mol. The van der Waals surface area contributed by atoms with Crippen molar-refractivity contribution < 1.29 is 18.7 Å². The molecule has 1 N–H and O–H groups in total. The highest BCUT2D eigenvalue weighted by Crippen LogP contribution is 2.19. The van der Waals surface area contributed by atoms with Crippen LogP contribution in [0.25, 0.3) is 5.65 Å². The Morgan fingerprint density at radius 2 is 2.20 bits per heavy atom. The maximum absolute atomic E-state index is 13.1. The molecule has 25 heavy (non-hydrogen) atoms. The summed E-state index contributed by atoms with van der Waals surface area (Å²) in [6.07, 6.45) is 3.18. The highest BCUT2D eigenvalue weighted by Gasteiger charge is 2.20. The van der Waals surface area contributed by atoms with E-state index in [9.17, 15) is 14.0 Å². The maximum atomic E-state index is 13.1. The number of aromatic nitrogens is 3. The second-order valence-electron chi connectivity index (χ2n) is 5.10. The Balaban J connectivity index is 1.66. The highest BCUT2D eigenvalue weighted by molar-refractivity contribution is 6.31. The minimum absolute atomic E-state index is 0.122. The molecular formula is C16H12ClFN4O3. The van der Waals surface area contributed by atoms with Crippen LogP contribution in [0.2, 0.25) is 5.02 Å². The van der Waals surface area contributed by atoms with Gasteiger partial charge in [-0.15, -0.1) is 0 Å². The zero-order chi connectivity index (χ0) is 18.0. The standard InChI is InChI=1S/C16H12ClFN4O3/c1-9-14(15-19-5-2-6-22(15)21-9)16(24)25-8-13(23)20-10-3-4-12(18)11(17)7-10/h2-7H,8H2,1H3,(H,20,23). The van der Waals surface area contributed by atoms with Gasteiger partial charge in [0.05, 0.1) is 10.7 Å². The molecule has 0 saturated heterocycles. The Kier molecular flexibility index (Phi) is 4.62. The molecule has 7 nitrogen and oxygen atoms in total. The first-order valence-corrected chi connectivity index (χ1v) is 7.55. The van der Waals surface area contributed by atoms with Crippen LogP contribution in [-0.4, -0.2) is 33.1 Å². The zero-order valence-electron chi connectivity index (χ0n) is 13.0. The van der Waals surface area contributed by atoms with Crippen molar-refractivity contribution in [3.8, 4) is 0 Å². The van der Waals surface area contributed by atoms with Gasteiger partial charge in [-0.2, -0.15) is 5.10 Å². The van der Waals surface area contributed by atoms with Crippen LogP contribution >= 0.6 is 11.6 Å². The number of anilines is 1. The molecule has 2 aromatic heterocycles. The number of hydrogen-bond donors (Lipinski definition) is 1. The summed E-state index contributed by atoms with van der Waals surface area (Å²) in [6, 6.07) is 5.41. The number of aryl methyl sites for hydroxylation is 1. The van der Waals surface area contributed by atoms with E-state index in [2.05, 4.69) is 15.4 Å². The van der Waals surface area contributed by atoms with Crippen LogP contribution in [0.3, 0.4) is 0 Å². The topological polar surface area (TPSA) is 85.6 Å². The van der Waals surface area contributed by atoms with Crippen molar-refractivity contribution in [3.63, 3.8) is 0 Å². The molecular weight excluding hydrogens is 351 g/mol. The molecule has 0 aliphatic carbocycles. The van der Waals surface area contributed by atoms with Gasteiger partial charge in [0.15, 0.2) is 12.3 Å². The van der Waals surface area contributed by atoms with E-state index in [1.54, 1.807) is 19.2 Å². The predicted molar refractivity (Wildman–Crippen MR) is 88.0 cm³/mol. The van der Waals surface area contributed by atoms with Crippen molar-refractivity contribution in [1.82, 2.24) is 14.6 Å². The van der Waals surface area contributed by atoms with Crippen LogP contribution < -0.4 is 5.32 Å². The molecule has 3 rings (SSSR count). The summed E-state index contributed by atoms with van der Waals surface area (Å²) in [7, 11) is 0. The molecule has 9 heteroatoms. The van der Waals surface area contributed by atoms with Crippen molar-refractivity contribution >= 4 is 34.8 Å². The number of rotatable bonds is 4. The lowest BCUT2D eigenvalue weighted by Crippen LogP contribution is -2.21. The third-order valence-corrected chi connectivity index (χ3v) is 3.60. The monoisotopic (exact) mass is 362 g/mol. The molecule has 3 aromatic rings. The Bertz CT molecular complexity index is 973. The van der Waals surface area contributed by atoms with Crippen LogP contribution in [0.15, 0.2) is 36.7 Å². The summed E-state index contributed by atoms with van der Waals surface area (Å²) in [5, 5.41) is 6.49. The van der Waals surface area contributed by atoms with E-state index in [4.69, 9.17) is 16.3 Å². The van der Waals surface area contributed by atoms with E-state index in [-0.39, 0.29) is 10.6 Å². The minimum atomic E-state index is -0.710. The Morgan fingerprint density at radius 1 is 1.40 bits per heavy atom. The summed E-state index contributed by atoms with van der Waals surface area (Å²) >= 11 is 5.64. The minimum Gasteiger partial charge on any atom is -0.452 e. The second kappa shape index (κ2) is 6.86. The van der Waals surface area contributed by atoms with Gasteiger partial charge in [0.2, 0.25) is 0 Å². The second-order valence-corrected chi connectivity index (χ2v) is 5.51. The maximum Gasteiger partial charge on any atom is 0.344 e. The van der Waals surface area contributed by atoms with Crippen molar-refractivity contribution in [1.29, 1.82) is 0 Å². The number of esters is 1. The van der Waals surface area contributed by atoms with E-state index in [0.29, 0.717) is 17.0 Å². The number of halogens is 2. The van der Waals surface area contributed by atoms with Crippen LogP contribution in [0, 0.1) is 12.7 Å². The van der Waals surface area contributed by atoms with Crippen molar-refractivity contribution in [3.05, 3.63) is 58.8 Å². The number of nitrogens with zero attached hydrogens (tertiary/aromatic N) is 3. The first kappa shape index (κ1) is 16.8. The number of nitrogens with one attached hydrogen (secondary N) is 1. The fraction of sp³-hybridized carbons (Fsp3) is 0.125. The number of hydrogen-bond acceptors (Lipinski definition) is 5. The van der Waals surface area contributed by atoms with E-state index < -0.39 is 24.3 Å². The van der Waals surface area contributed by atoms with Crippen LogP contribution in [0.4, 0.5) is 10.1 Å². The number of fused-ring (bicyclic) bond motifs is 1. The summed E-state index contributed by atoms with van der Waals surface area (Å²) in [5.41, 5.74) is 1.27. The van der Waals surface area contributed by atoms with Gasteiger partial charge in [-0.1, -0.05) is 11.6 Å². The summed E-state index contributed by atoms with van der Waals surface area (Å²) in [4.78, 5) is 28.2. The molecule has 0 unspecified atom stereocenters. The molecule has 0 saturated carbocycles. The molecule has 0 aliphatic heterocycles. The quantitative estimate of drug-likeness (QED) is 0.721. The third kappa shape index (κ3) is 3.58. The van der Waals surface area contributed by atoms with E-state index >= 15 is 0 Å². The van der Waals surface area contributed by atoms with Gasteiger partial charge in [0, 0.05) is 18.1 Å². The Labute approximate surface area is 146 Å². The third-order valence-electron chi connectivity index (χ3n) is 3.31. The molecule has 0 aliphatic rings. The molecule has 0 atom stereocenters. The van der Waals surface area contributed by atoms with Gasteiger partial charge in [-0.05, 0) is 31.2 Å². The number of carbonyl (C=O) groups excluding carboxylic acids is 2. The lowest BCUT2D eigenvalue weighted by atomic mass is 10.2. The zero-order valence-corrected chi connectivity index (χ0v) is 13.7. The lowest BCUT2D eigenvalue weighted by molar-refractivity contribution is -0.119. The number of benzene rings is 1. The van der Waals surface area contributed by atoms with Gasteiger partial charge in [-0.25, -0.2) is 18.7 Å². The Morgan fingerprint density at radius 3 is 2.96 bits per heavy atom. The van der Waals surface area contributed by atoms with E-state index in [0.717, 1.165) is 6.07 Å². The SMILES string of the molecule is Cc1nn2cccnc2c1C(=O)OCC(=O)Nc1ccc(F)c(Cl)c1. The molecule has 1 aromatic carbocycles. The van der Waals surface area contributed by atoms with Crippen molar-refractivity contribution in [2.45, 2.75) is 6.92 Å². The molecule has 0 bridgehead atoms. The summed E-state index contributed by atoms with van der Waals surface area (Å²) in [6.45, 7) is 1.13. The molecule has 0 fully saturated rings. The summed E-state index contributed by atoms with van der Waals surface area (Å²) in [5.74, 6) is -1.89. The summed E-state index contributed by atoms with van der Waals surface area (Å²) < 4.78 is 19.5. The van der Waals surface area contributed by atoms with Crippen molar-refractivity contribution in [2.75, 3.05) is 11.9 Å². The number of ether oxygens (including phenoxy) is 1. The number of carbonyl (C=O) groups is 2. The molecule has 0 spiro atoms. The van der Waals surface area contributed by atoms with Crippen LogP contribution in [0.5, 0.6) is 0 Å². The van der Waals surface area contributed by atoms with Gasteiger partial charge >= 0.3 is 5.97 Å². The van der Waals surface area contributed by atoms with Gasteiger partial charge in [-0.3, -0.25) is 4.79 Å². The highest BCUT2D eigenvalue weighted by atomic mass is 35.5. The van der Waals surface area contributed by atoms with Gasteiger partial charge in [0.25, 0.3) is 5.91 Å². The Hall–Kier alpha value is -3.00. The molecule has 1 amide bonds. The predicted octanol–water partition coefficient (Wildman–Crippen LogP) is 2.63. The van der Waals surface area contributed by atoms with Crippen LogP contribution in [-0.2, 0) is 9.53 Å². The fourth-order valence-corrected chi connectivity index (χ4v) is 2.39. The van der Waals surface area contributed by atoms with E-state index in [1.165, 1.54) is 22.8 Å².